The van der Waals surface area contributed by atoms with Crippen LogP contribution < -0.4 is 0 Å². The van der Waals surface area contributed by atoms with E-state index in [1.807, 2.05) is 19.1 Å². The molecule has 0 saturated carbocycles. The summed E-state index contributed by atoms with van der Waals surface area (Å²) in [5.74, 6) is 0. The van der Waals surface area contributed by atoms with Crippen molar-refractivity contribution in [3.05, 3.63) is 41.5 Å². The maximum atomic E-state index is 12.1. The van der Waals surface area contributed by atoms with Gasteiger partial charge in [-0.05, 0) is 12.5 Å². The van der Waals surface area contributed by atoms with E-state index in [-0.39, 0.29) is 5.56 Å². The van der Waals surface area contributed by atoms with Crippen LogP contribution in [0, 0.1) is 5.41 Å². The van der Waals surface area contributed by atoms with Crippen LogP contribution in [-0.2, 0) is 0 Å². The fourth-order valence-corrected chi connectivity index (χ4v) is 1.09. The Morgan fingerprint density at radius 3 is 2.29 bits per heavy atom. The van der Waals surface area contributed by atoms with Gasteiger partial charge in [0.1, 0.15) is 5.71 Å². The number of alkyl halides is 2. The van der Waals surface area contributed by atoms with Crippen molar-refractivity contribution in [1.82, 2.24) is 0 Å². The van der Waals surface area contributed by atoms with Crippen molar-refractivity contribution in [3.8, 4) is 0 Å². The van der Waals surface area contributed by atoms with Crippen LogP contribution in [0.25, 0.3) is 6.08 Å². The molecule has 1 aromatic rings. The van der Waals surface area contributed by atoms with Crippen molar-refractivity contribution in [3.63, 3.8) is 0 Å². The van der Waals surface area contributed by atoms with Crippen LogP contribution in [0.2, 0.25) is 0 Å². The lowest BCUT2D eigenvalue weighted by atomic mass is 10.1. The smallest absolute Gasteiger partial charge is 0.280 e. The van der Waals surface area contributed by atoms with Gasteiger partial charge in [0.05, 0.1) is 0 Å². The maximum Gasteiger partial charge on any atom is 0.280 e. The summed E-state index contributed by atoms with van der Waals surface area (Å²) in [7, 11) is 0. The summed E-state index contributed by atoms with van der Waals surface area (Å²) < 4.78 is 24.2. The molecule has 0 spiro atoms. The molecule has 0 aliphatic heterocycles. The lowest BCUT2D eigenvalue weighted by Crippen LogP contribution is -2.09. The van der Waals surface area contributed by atoms with Crippen molar-refractivity contribution < 1.29 is 8.78 Å². The molecule has 0 saturated heterocycles. The molecule has 0 heterocycles. The van der Waals surface area contributed by atoms with Gasteiger partial charge in [-0.2, -0.15) is 0 Å². The van der Waals surface area contributed by atoms with Gasteiger partial charge < -0.3 is 0 Å². The van der Waals surface area contributed by atoms with E-state index in [0.29, 0.717) is 0 Å². The third-order valence-electron chi connectivity index (χ3n) is 1.80. The second-order valence-electron chi connectivity index (χ2n) is 2.84. The van der Waals surface area contributed by atoms with E-state index >= 15 is 0 Å². The number of allylic oxidation sites excluding steroid dienone is 1. The van der Waals surface area contributed by atoms with Crippen LogP contribution in [0.15, 0.2) is 30.3 Å². The van der Waals surface area contributed by atoms with Gasteiger partial charge in [0.2, 0.25) is 0 Å². The molecule has 0 bridgehead atoms. The molecule has 0 aliphatic rings. The van der Waals surface area contributed by atoms with Crippen LogP contribution >= 0.6 is 0 Å². The largest absolute Gasteiger partial charge is 0.299 e. The molecule has 1 N–H and O–H groups in total. The number of benzene rings is 1. The van der Waals surface area contributed by atoms with Crippen molar-refractivity contribution in [1.29, 1.82) is 5.41 Å². The molecule has 74 valence electrons. The van der Waals surface area contributed by atoms with Gasteiger partial charge >= 0.3 is 0 Å². The minimum absolute atomic E-state index is 0.272. The first kappa shape index (κ1) is 10.6. The minimum atomic E-state index is -2.71. The third-order valence-corrected chi connectivity index (χ3v) is 1.80. The lowest BCUT2D eigenvalue weighted by Gasteiger charge is -2.02. The Labute approximate surface area is 81.6 Å². The molecule has 1 nitrogen and oxygen atoms in total. The minimum Gasteiger partial charge on any atom is -0.299 e. The van der Waals surface area contributed by atoms with Crippen molar-refractivity contribution in [2.45, 2.75) is 13.3 Å². The van der Waals surface area contributed by atoms with Crippen molar-refractivity contribution >= 4 is 11.8 Å². The molecule has 3 heteroatoms. The van der Waals surface area contributed by atoms with E-state index in [1.165, 1.54) is 12.1 Å². The van der Waals surface area contributed by atoms with E-state index < -0.39 is 12.1 Å². The third kappa shape index (κ3) is 2.49. The second-order valence-corrected chi connectivity index (χ2v) is 2.84. The zero-order valence-electron chi connectivity index (χ0n) is 7.80. The average Bonchev–Trinajstić information content (AvgIpc) is 2.18. The van der Waals surface area contributed by atoms with Gasteiger partial charge in [0, 0.05) is 5.56 Å². The van der Waals surface area contributed by atoms with E-state index in [2.05, 4.69) is 0 Å². The first-order valence-electron chi connectivity index (χ1n) is 4.25. The quantitative estimate of drug-likeness (QED) is 0.715. The highest BCUT2D eigenvalue weighted by Gasteiger charge is 2.12. The summed E-state index contributed by atoms with van der Waals surface area (Å²) in [6, 6.07) is 6.49. The number of hydrogen-bond donors (Lipinski definition) is 1. The van der Waals surface area contributed by atoms with E-state index in [4.69, 9.17) is 5.41 Å². The normalized spacial score (nSPS) is 11.1. The molecule has 0 fully saturated rings. The predicted molar refractivity (Wildman–Crippen MR) is 54.0 cm³/mol. The SMILES string of the molecule is C/C=C/c1ccc(C(=N)C(F)F)cc1. The number of halogens is 2. The van der Waals surface area contributed by atoms with Crippen LogP contribution in [0.5, 0.6) is 0 Å². The molecule has 0 atom stereocenters. The Balaban J connectivity index is 2.88. The van der Waals surface area contributed by atoms with E-state index in [9.17, 15) is 8.78 Å². The summed E-state index contributed by atoms with van der Waals surface area (Å²) in [6.07, 6.45) is 1.03. The van der Waals surface area contributed by atoms with Crippen LogP contribution in [0.1, 0.15) is 18.1 Å². The Bertz CT molecular complexity index is 339. The summed E-state index contributed by atoms with van der Waals surface area (Å²) in [6.45, 7) is 1.88. The zero-order chi connectivity index (χ0) is 10.6. The van der Waals surface area contributed by atoms with E-state index in [1.54, 1.807) is 12.1 Å². The maximum absolute atomic E-state index is 12.1. The Morgan fingerprint density at radius 2 is 1.86 bits per heavy atom. The highest BCUT2D eigenvalue weighted by atomic mass is 19.3. The van der Waals surface area contributed by atoms with Crippen LogP contribution in [0.4, 0.5) is 8.78 Å². The molecular formula is C11H11F2N. The molecule has 14 heavy (non-hydrogen) atoms. The van der Waals surface area contributed by atoms with Gasteiger partial charge in [0.15, 0.2) is 0 Å². The number of rotatable bonds is 3. The molecule has 1 rings (SSSR count). The van der Waals surface area contributed by atoms with Crippen molar-refractivity contribution in [2.75, 3.05) is 0 Å². The number of hydrogen-bond acceptors (Lipinski definition) is 1. The van der Waals surface area contributed by atoms with Crippen molar-refractivity contribution in [2.24, 2.45) is 0 Å². The Kier molecular flexibility index (Phi) is 3.51. The predicted octanol–water partition coefficient (Wildman–Crippen LogP) is 3.35. The summed E-state index contributed by atoms with van der Waals surface area (Å²) in [4.78, 5) is 0. The van der Waals surface area contributed by atoms with Gasteiger partial charge in [-0.3, -0.25) is 5.41 Å². The molecule has 0 amide bonds. The summed E-state index contributed by atoms with van der Waals surface area (Å²) in [5.41, 5.74) is 0.587. The molecule has 1 aromatic carbocycles. The molecule has 0 aliphatic carbocycles. The first-order valence-corrected chi connectivity index (χ1v) is 4.25. The van der Waals surface area contributed by atoms with E-state index in [0.717, 1.165) is 5.56 Å². The molecule has 0 radical (unpaired) electrons. The summed E-state index contributed by atoms with van der Waals surface area (Å²) in [5, 5.41) is 7.09. The van der Waals surface area contributed by atoms with Gasteiger partial charge in [-0.1, -0.05) is 36.4 Å². The zero-order valence-corrected chi connectivity index (χ0v) is 7.80. The van der Waals surface area contributed by atoms with Gasteiger partial charge in [0.25, 0.3) is 6.43 Å². The molecular weight excluding hydrogens is 184 g/mol. The average molecular weight is 195 g/mol. The highest BCUT2D eigenvalue weighted by molar-refractivity contribution is 6.00. The molecule has 0 aromatic heterocycles. The fourth-order valence-electron chi connectivity index (χ4n) is 1.09. The van der Waals surface area contributed by atoms with Crippen LogP contribution in [-0.4, -0.2) is 12.1 Å². The number of nitrogens with one attached hydrogen (secondary N) is 1. The lowest BCUT2D eigenvalue weighted by molar-refractivity contribution is 0.225. The Hall–Kier alpha value is -1.51. The summed E-state index contributed by atoms with van der Waals surface area (Å²) >= 11 is 0. The topological polar surface area (TPSA) is 23.9 Å². The fraction of sp³-hybridized carbons (Fsp3) is 0.182. The Morgan fingerprint density at radius 1 is 1.29 bits per heavy atom. The van der Waals surface area contributed by atoms with Gasteiger partial charge in [-0.15, -0.1) is 0 Å². The monoisotopic (exact) mass is 195 g/mol. The highest BCUT2D eigenvalue weighted by Crippen LogP contribution is 2.10. The standard InChI is InChI=1S/C11H11F2N/c1-2-3-8-4-6-9(7-5-8)10(14)11(12)13/h2-7,11,14H,1H3/b3-2+,14-10?. The van der Waals surface area contributed by atoms with Crippen LogP contribution in [0.3, 0.4) is 0 Å². The second kappa shape index (κ2) is 4.65. The molecule has 0 unspecified atom stereocenters. The van der Waals surface area contributed by atoms with Gasteiger partial charge in [-0.25, -0.2) is 8.78 Å². The first-order chi connectivity index (χ1) is 6.65.